The maximum absolute atomic E-state index is 11.1. The fourth-order valence-corrected chi connectivity index (χ4v) is 3.80. The van der Waals surface area contributed by atoms with E-state index in [2.05, 4.69) is 21.8 Å². The van der Waals surface area contributed by atoms with E-state index in [1.807, 2.05) is 0 Å². The molecule has 0 aliphatic carbocycles. The number of hydrogen-bond donors (Lipinski definition) is 1. The van der Waals surface area contributed by atoms with Crippen molar-refractivity contribution in [2.45, 2.75) is 33.1 Å². The van der Waals surface area contributed by atoms with E-state index >= 15 is 0 Å². The fraction of sp³-hybridized carbons (Fsp3) is 0.476. The number of halogens is 1. The molecule has 7 heteroatoms. The molecule has 28 heavy (non-hydrogen) atoms. The van der Waals surface area contributed by atoms with E-state index in [-0.39, 0.29) is 0 Å². The molecule has 150 valence electrons. The topological polar surface area (TPSA) is 75.5 Å². The number of anilines is 1. The van der Waals surface area contributed by atoms with E-state index in [1.54, 1.807) is 37.5 Å². The van der Waals surface area contributed by atoms with Gasteiger partial charge in [0.2, 0.25) is 5.95 Å². The number of benzene rings is 1. The third kappa shape index (κ3) is 5.13. The molecule has 1 saturated heterocycles. The highest BCUT2D eigenvalue weighted by atomic mass is 35.5. The summed E-state index contributed by atoms with van der Waals surface area (Å²) in [6, 6.07) is 5.12. The number of aromatic carboxylic acids is 1. The summed E-state index contributed by atoms with van der Waals surface area (Å²) in [7, 11) is 0. The van der Waals surface area contributed by atoms with Crippen LogP contribution < -0.4 is 9.64 Å². The minimum atomic E-state index is -0.909. The quantitative estimate of drug-likeness (QED) is 0.735. The predicted molar refractivity (Wildman–Crippen MR) is 109 cm³/mol. The summed E-state index contributed by atoms with van der Waals surface area (Å²) in [6.45, 7) is 6.60. The van der Waals surface area contributed by atoms with Crippen LogP contribution in [0.2, 0.25) is 5.02 Å². The average Bonchev–Trinajstić information content (AvgIpc) is 2.68. The standard InChI is InChI=1S/C21H26ClN3O3/c1-14(7-10-28-18-3-4-19(20(26)27)15(2)11-18)16-5-8-25(9-6-16)21-23-12-17(22)13-24-21/h3-4,11-14,16H,5-10H2,1-2H3,(H,26,27). The van der Waals surface area contributed by atoms with Crippen LogP contribution >= 0.6 is 11.6 Å². The second-order valence-corrected chi connectivity index (χ2v) is 7.86. The van der Waals surface area contributed by atoms with Gasteiger partial charge in [-0.15, -0.1) is 0 Å². The summed E-state index contributed by atoms with van der Waals surface area (Å²) < 4.78 is 5.85. The zero-order chi connectivity index (χ0) is 20.1. The van der Waals surface area contributed by atoms with Crippen LogP contribution in [-0.4, -0.2) is 40.7 Å². The normalized spacial score (nSPS) is 16.0. The molecule has 1 aliphatic rings. The van der Waals surface area contributed by atoms with Gasteiger partial charge in [-0.3, -0.25) is 0 Å². The first-order chi connectivity index (χ1) is 13.4. The molecule has 1 fully saturated rings. The van der Waals surface area contributed by atoms with Gasteiger partial charge in [0.1, 0.15) is 5.75 Å². The molecule has 2 aromatic rings. The Morgan fingerprint density at radius 2 is 2.00 bits per heavy atom. The maximum Gasteiger partial charge on any atom is 0.335 e. The first kappa shape index (κ1) is 20.4. The van der Waals surface area contributed by atoms with Crippen LogP contribution in [0, 0.1) is 18.8 Å². The van der Waals surface area contributed by atoms with Crippen molar-refractivity contribution < 1.29 is 14.6 Å². The van der Waals surface area contributed by atoms with Gasteiger partial charge in [0, 0.05) is 13.1 Å². The Labute approximate surface area is 170 Å². The summed E-state index contributed by atoms with van der Waals surface area (Å²) in [5.74, 6) is 1.78. The Balaban J connectivity index is 1.43. The second-order valence-electron chi connectivity index (χ2n) is 7.42. The van der Waals surface area contributed by atoms with Crippen LogP contribution in [0.1, 0.15) is 42.1 Å². The molecule has 2 heterocycles. The van der Waals surface area contributed by atoms with Gasteiger partial charge in [-0.25, -0.2) is 14.8 Å². The molecule has 6 nitrogen and oxygen atoms in total. The number of carboxylic acids is 1. The van der Waals surface area contributed by atoms with Crippen molar-refractivity contribution >= 4 is 23.5 Å². The number of nitrogens with zero attached hydrogens (tertiary/aromatic N) is 3. The predicted octanol–water partition coefficient (Wildman–Crippen LogP) is 4.46. The number of rotatable bonds is 7. The molecule has 1 aromatic carbocycles. The van der Waals surface area contributed by atoms with Gasteiger partial charge < -0.3 is 14.7 Å². The molecule has 0 bridgehead atoms. The molecule has 1 N–H and O–H groups in total. The van der Waals surface area contributed by atoms with Crippen LogP contribution in [0.5, 0.6) is 5.75 Å². The van der Waals surface area contributed by atoms with E-state index in [0.29, 0.717) is 29.0 Å². The van der Waals surface area contributed by atoms with Gasteiger partial charge in [0.05, 0.1) is 29.6 Å². The number of carbonyl (C=O) groups is 1. The van der Waals surface area contributed by atoms with Gasteiger partial charge in [-0.05, 0) is 61.8 Å². The van der Waals surface area contributed by atoms with Crippen molar-refractivity contribution in [2.24, 2.45) is 11.8 Å². The molecule has 0 saturated carbocycles. The highest BCUT2D eigenvalue weighted by Gasteiger charge is 2.25. The smallest absolute Gasteiger partial charge is 0.335 e. The van der Waals surface area contributed by atoms with Gasteiger partial charge in [0.25, 0.3) is 0 Å². The van der Waals surface area contributed by atoms with Gasteiger partial charge in [-0.1, -0.05) is 18.5 Å². The number of hydrogen-bond acceptors (Lipinski definition) is 5. The first-order valence-corrected chi connectivity index (χ1v) is 10.0. The SMILES string of the molecule is Cc1cc(OCCC(C)C2CCN(c3ncc(Cl)cn3)CC2)ccc1C(=O)O. The number of aryl methyl sites for hydroxylation is 1. The molecule has 1 atom stereocenters. The van der Waals surface area contributed by atoms with Crippen molar-refractivity contribution in [2.75, 3.05) is 24.6 Å². The lowest BCUT2D eigenvalue weighted by atomic mass is 9.84. The molecule has 0 radical (unpaired) electrons. The molecular formula is C21H26ClN3O3. The Bertz CT molecular complexity index is 805. The van der Waals surface area contributed by atoms with Crippen LogP contribution in [0.3, 0.4) is 0 Å². The minimum absolute atomic E-state index is 0.317. The number of aromatic nitrogens is 2. The Hall–Kier alpha value is -2.34. The van der Waals surface area contributed by atoms with E-state index in [9.17, 15) is 4.79 Å². The molecular weight excluding hydrogens is 378 g/mol. The van der Waals surface area contributed by atoms with Gasteiger partial charge in [0.15, 0.2) is 0 Å². The molecule has 3 rings (SSSR count). The number of ether oxygens (including phenoxy) is 1. The van der Waals surface area contributed by atoms with Crippen LogP contribution in [-0.2, 0) is 0 Å². The molecule has 0 amide bonds. The first-order valence-electron chi connectivity index (χ1n) is 9.63. The van der Waals surface area contributed by atoms with Crippen molar-refractivity contribution in [1.29, 1.82) is 0 Å². The van der Waals surface area contributed by atoms with Gasteiger partial charge in [-0.2, -0.15) is 0 Å². The van der Waals surface area contributed by atoms with E-state index in [1.165, 1.54) is 0 Å². The monoisotopic (exact) mass is 403 g/mol. The van der Waals surface area contributed by atoms with Crippen molar-refractivity contribution in [3.63, 3.8) is 0 Å². The summed E-state index contributed by atoms with van der Waals surface area (Å²) >= 11 is 5.86. The highest BCUT2D eigenvalue weighted by Crippen LogP contribution is 2.29. The number of piperidine rings is 1. The number of carboxylic acid groups (broad SMARTS) is 1. The molecule has 1 aliphatic heterocycles. The van der Waals surface area contributed by atoms with Crippen molar-refractivity contribution in [1.82, 2.24) is 9.97 Å². The van der Waals surface area contributed by atoms with Crippen LogP contribution in [0.4, 0.5) is 5.95 Å². The zero-order valence-electron chi connectivity index (χ0n) is 16.3. The third-order valence-electron chi connectivity index (χ3n) is 5.50. The van der Waals surface area contributed by atoms with Crippen LogP contribution in [0.15, 0.2) is 30.6 Å². The van der Waals surface area contributed by atoms with E-state index in [4.69, 9.17) is 21.4 Å². The lowest BCUT2D eigenvalue weighted by Gasteiger charge is -2.34. The second kappa shape index (κ2) is 9.24. The largest absolute Gasteiger partial charge is 0.494 e. The lowest BCUT2D eigenvalue weighted by molar-refractivity contribution is 0.0696. The molecule has 0 spiro atoms. The summed E-state index contributed by atoms with van der Waals surface area (Å²) in [4.78, 5) is 21.9. The zero-order valence-corrected chi connectivity index (χ0v) is 17.0. The van der Waals surface area contributed by atoms with Crippen molar-refractivity contribution in [3.8, 4) is 5.75 Å². The van der Waals surface area contributed by atoms with Crippen molar-refractivity contribution in [3.05, 3.63) is 46.7 Å². The molecule has 1 unspecified atom stereocenters. The Kier molecular flexibility index (Phi) is 6.73. The van der Waals surface area contributed by atoms with E-state index in [0.717, 1.165) is 49.6 Å². The summed E-state index contributed by atoms with van der Waals surface area (Å²) in [6.07, 6.45) is 6.47. The maximum atomic E-state index is 11.1. The fourth-order valence-electron chi connectivity index (χ4n) is 3.70. The summed E-state index contributed by atoms with van der Waals surface area (Å²) in [5.41, 5.74) is 1.03. The molecule has 1 aromatic heterocycles. The minimum Gasteiger partial charge on any atom is -0.494 e. The summed E-state index contributed by atoms with van der Waals surface area (Å²) in [5, 5.41) is 9.65. The third-order valence-corrected chi connectivity index (χ3v) is 5.70. The van der Waals surface area contributed by atoms with Crippen LogP contribution in [0.25, 0.3) is 0 Å². The van der Waals surface area contributed by atoms with E-state index < -0.39 is 5.97 Å². The van der Waals surface area contributed by atoms with Gasteiger partial charge >= 0.3 is 5.97 Å². The highest BCUT2D eigenvalue weighted by molar-refractivity contribution is 6.30. The Morgan fingerprint density at radius 3 is 2.61 bits per heavy atom. The average molecular weight is 404 g/mol. The Morgan fingerprint density at radius 1 is 1.32 bits per heavy atom. The lowest BCUT2D eigenvalue weighted by Crippen LogP contribution is -2.36.